The zero-order valence-electron chi connectivity index (χ0n) is 21.0. The summed E-state index contributed by atoms with van der Waals surface area (Å²) in [6.45, 7) is 4.07. The molecule has 1 unspecified atom stereocenters. The Morgan fingerprint density at radius 2 is 1.79 bits per heavy atom. The molecule has 0 bridgehead atoms. The Balaban J connectivity index is 1.31. The van der Waals surface area contributed by atoms with Gasteiger partial charge in [0.1, 0.15) is 17.3 Å². The van der Waals surface area contributed by atoms with Gasteiger partial charge in [0.25, 0.3) is 5.91 Å². The number of ether oxygens (including phenoxy) is 1. The number of piperazine rings is 1. The maximum absolute atomic E-state index is 12.9. The van der Waals surface area contributed by atoms with Crippen LogP contribution in [0.4, 0.5) is 13.2 Å². The number of amides is 1. The number of hydrogen-bond donors (Lipinski definition) is 1. The minimum atomic E-state index is -4.47. The van der Waals surface area contributed by atoms with Crippen LogP contribution in [-0.4, -0.2) is 81.1 Å². The molecule has 1 saturated heterocycles. The van der Waals surface area contributed by atoms with E-state index < -0.39 is 12.3 Å². The number of hydrogen-bond acceptors (Lipinski definition) is 6. The average molecular weight is 525 g/mol. The van der Waals surface area contributed by atoms with Crippen LogP contribution in [0.3, 0.4) is 0 Å². The van der Waals surface area contributed by atoms with Crippen LogP contribution in [0.15, 0.2) is 54.9 Å². The number of aromatic amines is 1. The summed E-state index contributed by atoms with van der Waals surface area (Å²) < 4.78 is 43.6. The molecule has 1 aromatic carbocycles. The summed E-state index contributed by atoms with van der Waals surface area (Å²) in [7, 11) is 2.05. The second-order valence-electron chi connectivity index (χ2n) is 9.41. The summed E-state index contributed by atoms with van der Waals surface area (Å²) in [4.78, 5) is 33.4. The Morgan fingerprint density at radius 3 is 2.55 bits per heavy atom. The van der Waals surface area contributed by atoms with Crippen LogP contribution in [0.5, 0.6) is 5.75 Å². The van der Waals surface area contributed by atoms with Crippen LogP contribution in [0.25, 0.3) is 22.3 Å². The third-order valence-corrected chi connectivity index (χ3v) is 6.54. The highest BCUT2D eigenvalue weighted by Gasteiger charge is 2.38. The van der Waals surface area contributed by atoms with Gasteiger partial charge in [-0.15, -0.1) is 0 Å². The molecule has 4 aromatic rings. The smallest absolute Gasteiger partial charge is 0.425 e. The van der Waals surface area contributed by atoms with Crippen molar-refractivity contribution in [1.82, 2.24) is 29.7 Å². The molecule has 0 radical (unpaired) electrons. The Bertz CT molecular complexity index is 1450. The maximum Gasteiger partial charge on any atom is 0.425 e. The second kappa shape index (κ2) is 10.4. The minimum absolute atomic E-state index is 0.00442. The minimum Gasteiger partial charge on any atom is -0.481 e. The van der Waals surface area contributed by atoms with Crippen LogP contribution in [0.1, 0.15) is 28.8 Å². The Morgan fingerprint density at radius 1 is 1.03 bits per heavy atom. The monoisotopic (exact) mass is 524 g/mol. The van der Waals surface area contributed by atoms with Gasteiger partial charge in [-0.3, -0.25) is 9.78 Å². The molecule has 4 heterocycles. The van der Waals surface area contributed by atoms with Gasteiger partial charge in [0, 0.05) is 62.0 Å². The summed E-state index contributed by atoms with van der Waals surface area (Å²) in [6, 6.07) is 12.2. The number of aromatic nitrogens is 4. The number of fused-ring (bicyclic) bond motifs is 1. The summed E-state index contributed by atoms with van der Waals surface area (Å²) >= 11 is 0. The summed E-state index contributed by atoms with van der Waals surface area (Å²) in [6.07, 6.45) is -3.01. The van der Waals surface area contributed by atoms with E-state index in [2.05, 4.69) is 24.8 Å². The summed E-state index contributed by atoms with van der Waals surface area (Å²) in [5.41, 5.74) is 3.25. The molecule has 8 nitrogen and oxygen atoms in total. The number of benzene rings is 1. The van der Waals surface area contributed by atoms with Crippen LogP contribution >= 0.6 is 0 Å². The van der Waals surface area contributed by atoms with Crippen molar-refractivity contribution in [2.45, 2.75) is 25.6 Å². The van der Waals surface area contributed by atoms with E-state index in [1.54, 1.807) is 12.3 Å². The lowest BCUT2D eigenvalue weighted by atomic mass is 10.1. The van der Waals surface area contributed by atoms with Crippen LogP contribution in [0, 0.1) is 0 Å². The van der Waals surface area contributed by atoms with E-state index in [-0.39, 0.29) is 11.7 Å². The highest BCUT2D eigenvalue weighted by Crippen LogP contribution is 2.27. The van der Waals surface area contributed by atoms with Crippen molar-refractivity contribution in [2.24, 2.45) is 0 Å². The molecular weight excluding hydrogens is 497 g/mol. The van der Waals surface area contributed by atoms with Crippen LogP contribution in [-0.2, 0) is 6.42 Å². The second-order valence-corrected chi connectivity index (χ2v) is 9.41. The Kier molecular flexibility index (Phi) is 7.02. The number of rotatable bonds is 6. The lowest BCUT2D eigenvalue weighted by Crippen LogP contribution is -2.47. The molecule has 38 heavy (non-hydrogen) atoms. The molecule has 3 aromatic heterocycles. The van der Waals surface area contributed by atoms with Crippen molar-refractivity contribution in [3.8, 4) is 17.1 Å². The average Bonchev–Trinajstić information content (AvgIpc) is 3.32. The SMILES string of the molecule is CC(Oc1ccnc(-c2ccnc(Cc3ccc4[nH]c(C(=O)N5CCN(C)CC5)cc4c3)n2)c1)C(F)(F)F. The fraction of sp³-hybridized carbons (Fsp3) is 0.333. The van der Waals surface area contributed by atoms with E-state index in [0.29, 0.717) is 42.4 Å². The zero-order valence-corrected chi connectivity index (χ0v) is 21.0. The molecule has 1 fully saturated rings. The predicted octanol–water partition coefficient (Wildman–Crippen LogP) is 4.33. The number of pyridine rings is 1. The third-order valence-electron chi connectivity index (χ3n) is 6.54. The Labute approximate surface area is 217 Å². The van der Waals surface area contributed by atoms with Crippen molar-refractivity contribution >= 4 is 16.8 Å². The van der Waals surface area contributed by atoms with Gasteiger partial charge < -0.3 is 19.5 Å². The van der Waals surface area contributed by atoms with Gasteiger partial charge in [-0.2, -0.15) is 13.2 Å². The van der Waals surface area contributed by atoms with E-state index in [9.17, 15) is 18.0 Å². The molecule has 1 N–H and O–H groups in total. The molecule has 0 spiro atoms. The van der Waals surface area contributed by atoms with Crippen molar-refractivity contribution in [2.75, 3.05) is 33.2 Å². The standard InChI is InChI=1S/C27H27F3N6O2/c1-17(27(28,29)30)38-20-5-7-31-23(16-20)22-6-8-32-25(34-22)14-18-3-4-21-19(13-18)15-24(33-21)26(37)36-11-9-35(2)10-12-36/h3-8,13,15-17,33H,9-12,14H2,1-2H3. The predicted molar refractivity (Wildman–Crippen MR) is 136 cm³/mol. The quantitative estimate of drug-likeness (QED) is 0.404. The van der Waals surface area contributed by atoms with E-state index >= 15 is 0 Å². The number of alkyl halides is 3. The van der Waals surface area contributed by atoms with Crippen LogP contribution in [0.2, 0.25) is 0 Å². The lowest BCUT2D eigenvalue weighted by Gasteiger charge is -2.32. The first kappa shape index (κ1) is 25.7. The molecule has 11 heteroatoms. The number of nitrogens with zero attached hydrogens (tertiary/aromatic N) is 5. The third kappa shape index (κ3) is 5.77. The zero-order chi connectivity index (χ0) is 26.9. The molecule has 1 amide bonds. The van der Waals surface area contributed by atoms with Gasteiger partial charge in [0.15, 0.2) is 6.10 Å². The van der Waals surface area contributed by atoms with Gasteiger partial charge in [0.2, 0.25) is 0 Å². The molecule has 0 saturated carbocycles. The number of likely N-dealkylation sites (N-methyl/N-ethyl adjacent to an activating group) is 1. The number of carbonyl (C=O) groups is 1. The number of H-pyrrole nitrogens is 1. The van der Waals surface area contributed by atoms with Crippen molar-refractivity contribution in [3.63, 3.8) is 0 Å². The fourth-order valence-corrected chi connectivity index (χ4v) is 4.29. The first-order valence-electron chi connectivity index (χ1n) is 12.3. The number of nitrogens with one attached hydrogen (secondary N) is 1. The van der Waals surface area contributed by atoms with Gasteiger partial charge in [-0.25, -0.2) is 9.97 Å². The van der Waals surface area contributed by atoms with Crippen molar-refractivity contribution in [3.05, 3.63) is 71.9 Å². The van der Waals surface area contributed by atoms with Crippen molar-refractivity contribution in [1.29, 1.82) is 0 Å². The van der Waals surface area contributed by atoms with Crippen molar-refractivity contribution < 1.29 is 22.7 Å². The Hall–Kier alpha value is -3.99. The topological polar surface area (TPSA) is 87.2 Å². The van der Waals surface area contributed by atoms with Gasteiger partial charge >= 0.3 is 6.18 Å². The largest absolute Gasteiger partial charge is 0.481 e. The van der Waals surface area contributed by atoms with E-state index in [1.807, 2.05) is 36.2 Å². The lowest BCUT2D eigenvalue weighted by molar-refractivity contribution is -0.189. The van der Waals surface area contributed by atoms with E-state index in [4.69, 9.17) is 4.74 Å². The summed E-state index contributed by atoms with van der Waals surface area (Å²) in [5.74, 6) is 0.581. The normalized spacial score (nSPS) is 15.6. The van der Waals surface area contributed by atoms with Crippen LogP contribution < -0.4 is 4.74 Å². The fourth-order valence-electron chi connectivity index (χ4n) is 4.29. The highest BCUT2D eigenvalue weighted by molar-refractivity contribution is 5.98. The summed E-state index contributed by atoms with van der Waals surface area (Å²) in [5, 5.41) is 0.918. The first-order valence-corrected chi connectivity index (χ1v) is 12.3. The van der Waals surface area contributed by atoms with E-state index in [1.165, 1.54) is 18.3 Å². The highest BCUT2D eigenvalue weighted by atomic mass is 19.4. The van der Waals surface area contributed by atoms with E-state index in [0.717, 1.165) is 36.5 Å². The first-order chi connectivity index (χ1) is 18.2. The number of halogens is 3. The van der Waals surface area contributed by atoms with Gasteiger partial charge in [-0.1, -0.05) is 6.07 Å². The molecule has 1 aliphatic heterocycles. The maximum atomic E-state index is 12.9. The molecule has 198 valence electrons. The molecule has 5 rings (SSSR count). The molecule has 1 aliphatic rings. The molecular formula is C27H27F3N6O2. The van der Waals surface area contributed by atoms with Gasteiger partial charge in [0.05, 0.1) is 11.4 Å². The van der Waals surface area contributed by atoms with Gasteiger partial charge in [-0.05, 0) is 49.9 Å². The molecule has 0 aliphatic carbocycles. The number of carbonyl (C=O) groups excluding carboxylic acids is 1. The molecule has 1 atom stereocenters.